The molecule has 0 saturated carbocycles. The van der Waals surface area contributed by atoms with Crippen LogP contribution in [0.3, 0.4) is 0 Å². The quantitative estimate of drug-likeness (QED) is 0.588. The third kappa shape index (κ3) is 2.04. The molecule has 0 aliphatic rings. The Bertz CT molecular complexity index is 1030. The van der Waals surface area contributed by atoms with E-state index in [0.29, 0.717) is 5.52 Å². The molecule has 116 valence electrons. The lowest BCUT2D eigenvalue weighted by atomic mass is 10.0. The van der Waals surface area contributed by atoms with Crippen LogP contribution in [0.4, 0.5) is 4.39 Å². The lowest BCUT2D eigenvalue weighted by Gasteiger charge is -2.11. The van der Waals surface area contributed by atoms with Gasteiger partial charge in [0.05, 0.1) is 5.52 Å². The molecule has 4 nitrogen and oxygen atoms in total. The van der Waals surface area contributed by atoms with Gasteiger partial charge in [-0.05, 0) is 50.6 Å². The second-order valence-electron chi connectivity index (χ2n) is 6.05. The largest absolute Gasteiger partial charge is 0.346 e. The van der Waals surface area contributed by atoms with Gasteiger partial charge in [0.2, 0.25) is 0 Å². The zero-order chi connectivity index (χ0) is 16.1. The number of aromatic nitrogens is 4. The Kier molecular flexibility index (Phi) is 2.98. The number of H-pyrrole nitrogens is 1. The maximum Gasteiger partial charge on any atom is 0.151 e. The molecule has 0 aliphatic carbocycles. The van der Waals surface area contributed by atoms with Crippen LogP contribution >= 0.6 is 0 Å². The molecule has 3 heterocycles. The van der Waals surface area contributed by atoms with Gasteiger partial charge in [0.25, 0.3) is 0 Å². The van der Waals surface area contributed by atoms with Crippen molar-refractivity contribution in [3.63, 3.8) is 0 Å². The summed E-state index contributed by atoms with van der Waals surface area (Å²) in [6.45, 7) is 6.07. The molecule has 0 amide bonds. The highest BCUT2D eigenvalue weighted by molar-refractivity contribution is 5.96. The van der Waals surface area contributed by atoms with Crippen LogP contribution in [0.1, 0.15) is 25.7 Å². The predicted molar refractivity (Wildman–Crippen MR) is 89.9 cm³/mol. The Morgan fingerprint density at radius 1 is 1.26 bits per heavy atom. The van der Waals surface area contributed by atoms with Crippen LogP contribution < -0.4 is 0 Å². The predicted octanol–water partition coefficient (Wildman–Crippen LogP) is 4.61. The van der Waals surface area contributed by atoms with Gasteiger partial charge in [0.1, 0.15) is 17.0 Å². The van der Waals surface area contributed by atoms with Crippen LogP contribution in [0.25, 0.3) is 33.2 Å². The fraction of sp³-hybridized carbons (Fsp3) is 0.222. The van der Waals surface area contributed by atoms with Gasteiger partial charge < -0.3 is 9.55 Å². The summed E-state index contributed by atoms with van der Waals surface area (Å²) in [5.41, 5.74) is 3.83. The van der Waals surface area contributed by atoms with Crippen LogP contribution in [0, 0.1) is 12.7 Å². The SMILES string of the molecule is Cc1nc2c(F)cc(-c3c[nH]c4ncccc34)cc2n1C(C)C. The first kappa shape index (κ1) is 13.9. The van der Waals surface area contributed by atoms with Gasteiger partial charge >= 0.3 is 0 Å². The van der Waals surface area contributed by atoms with Crippen LogP contribution in [0.5, 0.6) is 0 Å². The first-order valence-corrected chi connectivity index (χ1v) is 7.67. The van der Waals surface area contributed by atoms with Crippen molar-refractivity contribution in [2.45, 2.75) is 26.8 Å². The number of hydrogen-bond acceptors (Lipinski definition) is 2. The summed E-state index contributed by atoms with van der Waals surface area (Å²) in [5, 5.41) is 0.985. The lowest BCUT2D eigenvalue weighted by Crippen LogP contribution is -2.02. The van der Waals surface area contributed by atoms with E-state index >= 15 is 0 Å². The number of benzene rings is 1. The second-order valence-corrected chi connectivity index (χ2v) is 6.05. The first-order chi connectivity index (χ1) is 11.1. The van der Waals surface area contributed by atoms with Gasteiger partial charge in [-0.1, -0.05) is 0 Å². The number of halogens is 1. The molecule has 3 aromatic heterocycles. The zero-order valence-electron chi connectivity index (χ0n) is 13.3. The molecule has 4 aromatic rings. The number of aromatic amines is 1. The lowest BCUT2D eigenvalue weighted by molar-refractivity contribution is 0.600. The maximum absolute atomic E-state index is 14.6. The average Bonchev–Trinajstić information content (AvgIpc) is 3.07. The molecule has 0 bridgehead atoms. The van der Waals surface area contributed by atoms with Gasteiger partial charge in [-0.3, -0.25) is 0 Å². The molecule has 0 radical (unpaired) electrons. The van der Waals surface area contributed by atoms with E-state index in [1.807, 2.05) is 31.3 Å². The van der Waals surface area contributed by atoms with Crippen molar-refractivity contribution in [3.8, 4) is 11.1 Å². The minimum atomic E-state index is -0.293. The van der Waals surface area contributed by atoms with E-state index in [1.165, 1.54) is 0 Å². The van der Waals surface area contributed by atoms with Crippen LogP contribution in [-0.4, -0.2) is 19.5 Å². The summed E-state index contributed by atoms with van der Waals surface area (Å²) in [6.07, 6.45) is 3.62. The highest BCUT2D eigenvalue weighted by Gasteiger charge is 2.16. The number of imidazole rings is 1. The Hall–Kier alpha value is -2.69. The number of nitrogens with zero attached hydrogens (tertiary/aromatic N) is 3. The topological polar surface area (TPSA) is 46.5 Å². The molecular formula is C18H17FN4. The second kappa shape index (κ2) is 4.91. The van der Waals surface area contributed by atoms with E-state index in [0.717, 1.165) is 33.5 Å². The fourth-order valence-corrected chi connectivity index (χ4v) is 3.27. The molecule has 1 N–H and O–H groups in total. The van der Waals surface area contributed by atoms with Crippen molar-refractivity contribution in [2.75, 3.05) is 0 Å². The summed E-state index contributed by atoms with van der Waals surface area (Å²) in [4.78, 5) is 11.8. The Labute approximate surface area is 133 Å². The number of rotatable bonds is 2. The van der Waals surface area contributed by atoms with E-state index in [9.17, 15) is 4.39 Å². The van der Waals surface area contributed by atoms with Gasteiger partial charge in [0.15, 0.2) is 5.82 Å². The van der Waals surface area contributed by atoms with Crippen molar-refractivity contribution in [3.05, 3.63) is 48.3 Å². The Balaban J connectivity index is 2.03. The Morgan fingerprint density at radius 3 is 2.87 bits per heavy atom. The molecule has 0 spiro atoms. The molecule has 0 saturated heterocycles. The van der Waals surface area contributed by atoms with Gasteiger partial charge in [-0.2, -0.15) is 0 Å². The molecule has 0 aliphatic heterocycles. The number of nitrogens with one attached hydrogen (secondary N) is 1. The average molecular weight is 308 g/mol. The number of pyridine rings is 1. The van der Waals surface area contributed by atoms with Gasteiger partial charge in [-0.15, -0.1) is 0 Å². The molecular weight excluding hydrogens is 291 g/mol. The molecule has 1 aromatic carbocycles. The van der Waals surface area contributed by atoms with Crippen LogP contribution in [0.2, 0.25) is 0 Å². The molecule has 0 unspecified atom stereocenters. The van der Waals surface area contributed by atoms with Crippen LogP contribution in [0.15, 0.2) is 36.7 Å². The van der Waals surface area contributed by atoms with Crippen molar-refractivity contribution < 1.29 is 4.39 Å². The molecule has 4 rings (SSSR count). The van der Waals surface area contributed by atoms with Gasteiger partial charge in [0, 0.05) is 29.4 Å². The van der Waals surface area contributed by atoms with Crippen molar-refractivity contribution in [2.24, 2.45) is 0 Å². The van der Waals surface area contributed by atoms with E-state index in [-0.39, 0.29) is 11.9 Å². The van der Waals surface area contributed by atoms with Crippen LogP contribution in [-0.2, 0) is 0 Å². The maximum atomic E-state index is 14.6. The van der Waals surface area contributed by atoms with Crippen molar-refractivity contribution >= 4 is 22.1 Å². The van der Waals surface area contributed by atoms with E-state index in [2.05, 4.69) is 33.4 Å². The highest BCUT2D eigenvalue weighted by Crippen LogP contribution is 2.32. The minimum Gasteiger partial charge on any atom is -0.346 e. The number of hydrogen-bond donors (Lipinski definition) is 1. The first-order valence-electron chi connectivity index (χ1n) is 7.67. The standard InChI is InChI=1S/C18H17FN4/c1-10(2)23-11(3)22-17-15(19)7-12(8-16(17)23)14-9-21-18-13(14)5-4-6-20-18/h4-10H,1-3H3,(H,20,21). The summed E-state index contributed by atoms with van der Waals surface area (Å²) in [7, 11) is 0. The Morgan fingerprint density at radius 2 is 2.09 bits per heavy atom. The summed E-state index contributed by atoms with van der Waals surface area (Å²) in [6, 6.07) is 7.65. The van der Waals surface area contributed by atoms with E-state index < -0.39 is 0 Å². The normalized spacial score (nSPS) is 11.9. The van der Waals surface area contributed by atoms with E-state index in [4.69, 9.17) is 0 Å². The monoisotopic (exact) mass is 308 g/mol. The van der Waals surface area contributed by atoms with Crippen molar-refractivity contribution in [1.29, 1.82) is 0 Å². The summed E-state index contributed by atoms with van der Waals surface area (Å²) < 4.78 is 16.7. The highest BCUT2D eigenvalue weighted by atomic mass is 19.1. The molecule has 5 heteroatoms. The third-order valence-corrected chi connectivity index (χ3v) is 4.20. The summed E-state index contributed by atoms with van der Waals surface area (Å²) in [5.74, 6) is 0.532. The molecule has 0 fully saturated rings. The fourth-order valence-electron chi connectivity index (χ4n) is 3.27. The summed E-state index contributed by atoms with van der Waals surface area (Å²) >= 11 is 0. The zero-order valence-corrected chi connectivity index (χ0v) is 13.3. The smallest absolute Gasteiger partial charge is 0.151 e. The molecule has 23 heavy (non-hydrogen) atoms. The number of fused-ring (bicyclic) bond motifs is 2. The number of aryl methyl sites for hydroxylation is 1. The van der Waals surface area contributed by atoms with Gasteiger partial charge in [-0.25, -0.2) is 14.4 Å². The third-order valence-electron chi connectivity index (χ3n) is 4.20. The minimum absolute atomic E-state index is 0.222. The van der Waals surface area contributed by atoms with Crippen molar-refractivity contribution in [1.82, 2.24) is 19.5 Å². The van der Waals surface area contributed by atoms with E-state index in [1.54, 1.807) is 12.3 Å². The molecule has 0 atom stereocenters.